The van der Waals surface area contributed by atoms with E-state index in [1.165, 1.54) is 24.2 Å². The normalized spacial score (nSPS) is 16.7. The molecule has 0 bridgehead atoms. The van der Waals surface area contributed by atoms with Gasteiger partial charge in [-0.3, -0.25) is 19.5 Å². The van der Waals surface area contributed by atoms with Gasteiger partial charge in [-0.15, -0.1) is 10.2 Å². The van der Waals surface area contributed by atoms with Crippen LogP contribution in [-0.2, 0) is 4.79 Å². The minimum atomic E-state index is -0.730. The predicted molar refractivity (Wildman–Crippen MR) is 107 cm³/mol. The van der Waals surface area contributed by atoms with Gasteiger partial charge in [0, 0.05) is 19.1 Å². The van der Waals surface area contributed by atoms with Crippen molar-refractivity contribution in [3.05, 3.63) is 34.1 Å². The van der Waals surface area contributed by atoms with Crippen LogP contribution in [0.15, 0.2) is 23.4 Å². The molecule has 29 heavy (non-hydrogen) atoms. The molecule has 2 aliphatic rings. The average Bonchev–Trinajstić information content (AvgIpc) is 3.47. The molecule has 9 nitrogen and oxygen atoms in total. The van der Waals surface area contributed by atoms with Gasteiger partial charge in [0.2, 0.25) is 11.9 Å². The Morgan fingerprint density at radius 2 is 2.03 bits per heavy atom. The summed E-state index contributed by atoms with van der Waals surface area (Å²) < 4.78 is 15.4. The monoisotopic (exact) mass is 420 g/mol. The number of anilines is 2. The number of benzene rings is 1. The number of carbonyl (C=O) groups is 1. The lowest BCUT2D eigenvalue weighted by Gasteiger charge is -2.27. The molecule has 11 heteroatoms. The van der Waals surface area contributed by atoms with Crippen molar-refractivity contribution in [2.24, 2.45) is 0 Å². The summed E-state index contributed by atoms with van der Waals surface area (Å²) in [5.74, 6) is -0.259. The molecule has 154 valence electrons. The second-order valence-electron chi connectivity index (χ2n) is 7.19. The highest BCUT2D eigenvalue weighted by Crippen LogP contribution is 2.41. The van der Waals surface area contributed by atoms with Gasteiger partial charge in [0.25, 0.3) is 5.69 Å². The Bertz CT molecular complexity index is 926. The summed E-state index contributed by atoms with van der Waals surface area (Å²) in [6, 6.07) is 3.42. The van der Waals surface area contributed by atoms with Gasteiger partial charge in [0.05, 0.1) is 16.7 Å². The number of thioether (sulfide) groups is 1. The fourth-order valence-corrected chi connectivity index (χ4v) is 4.21. The van der Waals surface area contributed by atoms with Crippen molar-refractivity contribution >= 4 is 35.0 Å². The molecule has 2 aromatic rings. The molecule has 1 saturated carbocycles. The molecule has 0 atom stereocenters. The molecule has 0 radical (unpaired) electrons. The van der Waals surface area contributed by atoms with Crippen LogP contribution in [0.3, 0.4) is 0 Å². The van der Waals surface area contributed by atoms with Crippen LogP contribution < -0.4 is 10.2 Å². The number of nitro groups is 1. The van der Waals surface area contributed by atoms with Gasteiger partial charge in [-0.1, -0.05) is 11.8 Å². The smallest absolute Gasteiger partial charge is 0.295 e. The molecule has 4 rings (SSSR count). The van der Waals surface area contributed by atoms with Crippen LogP contribution in [0.25, 0.3) is 0 Å². The highest BCUT2D eigenvalue weighted by atomic mass is 32.2. The van der Waals surface area contributed by atoms with Crippen molar-refractivity contribution in [3.8, 4) is 0 Å². The lowest BCUT2D eigenvalue weighted by molar-refractivity contribution is -0.384. The van der Waals surface area contributed by atoms with Gasteiger partial charge >= 0.3 is 0 Å². The molecule has 1 saturated heterocycles. The van der Waals surface area contributed by atoms with E-state index in [1.807, 2.05) is 0 Å². The van der Waals surface area contributed by atoms with E-state index >= 15 is 0 Å². The third-order valence-electron chi connectivity index (χ3n) is 4.96. The van der Waals surface area contributed by atoms with Gasteiger partial charge in [-0.05, 0) is 44.2 Å². The number of nitrogens with zero attached hydrogens (tertiary/aromatic N) is 5. The molecule has 1 amide bonds. The molecule has 0 spiro atoms. The second-order valence-corrected chi connectivity index (χ2v) is 8.13. The number of carbonyl (C=O) groups excluding carboxylic acids is 1. The highest BCUT2D eigenvalue weighted by molar-refractivity contribution is 7.99. The van der Waals surface area contributed by atoms with E-state index in [1.54, 1.807) is 0 Å². The first-order valence-corrected chi connectivity index (χ1v) is 10.6. The first-order valence-electron chi connectivity index (χ1n) is 9.59. The lowest BCUT2D eigenvalue weighted by Crippen LogP contribution is -2.32. The molecule has 1 aliphatic heterocycles. The summed E-state index contributed by atoms with van der Waals surface area (Å²) in [5.41, 5.74) is -0.503. The van der Waals surface area contributed by atoms with E-state index in [2.05, 4.69) is 25.0 Å². The first-order chi connectivity index (χ1) is 14.0. The van der Waals surface area contributed by atoms with Crippen molar-refractivity contribution in [1.82, 2.24) is 14.8 Å². The van der Waals surface area contributed by atoms with Gasteiger partial charge in [-0.25, -0.2) is 4.39 Å². The van der Waals surface area contributed by atoms with Crippen LogP contribution in [0.4, 0.5) is 21.7 Å². The number of hydrogen-bond donors (Lipinski definition) is 1. The number of halogens is 1. The fraction of sp³-hybridized carbons (Fsp3) is 0.500. The Kier molecular flexibility index (Phi) is 5.65. The molecule has 1 aromatic heterocycles. The topological polar surface area (TPSA) is 106 Å². The summed E-state index contributed by atoms with van der Waals surface area (Å²) in [6.07, 6.45) is 5.64. The summed E-state index contributed by atoms with van der Waals surface area (Å²) >= 11 is 1.25. The van der Waals surface area contributed by atoms with Gasteiger partial charge in [-0.2, -0.15) is 0 Å². The number of rotatable bonds is 7. The number of amides is 1. The minimum Gasteiger partial charge on any atom is -0.341 e. The number of aromatic nitrogens is 3. The fourth-order valence-electron chi connectivity index (χ4n) is 3.41. The van der Waals surface area contributed by atoms with Crippen LogP contribution in [0.5, 0.6) is 0 Å². The van der Waals surface area contributed by atoms with Crippen molar-refractivity contribution in [2.75, 3.05) is 29.1 Å². The number of hydrogen-bond acceptors (Lipinski definition) is 7. The Morgan fingerprint density at radius 3 is 2.72 bits per heavy atom. The molecular weight excluding hydrogens is 399 g/mol. The molecular formula is C18H21FN6O3S. The largest absolute Gasteiger partial charge is 0.341 e. The van der Waals surface area contributed by atoms with Crippen molar-refractivity contribution in [3.63, 3.8) is 0 Å². The van der Waals surface area contributed by atoms with Crippen LogP contribution in [-0.4, -0.2) is 44.4 Å². The minimum absolute atomic E-state index is 0.0272. The van der Waals surface area contributed by atoms with Gasteiger partial charge < -0.3 is 10.2 Å². The SMILES string of the molecule is O=C(CSc1nnc(N2CCCCC2)n1C1CC1)Nc1ccc(F)cc1[N+](=O)[O-]. The first kappa shape index (κ1) is 19.6. The van der Waals surface area contributed by atoms with E-state index in [0.29, 0.717) is 11.2 Å². The molecule has 1 N–H and O–H groups in total. The van der Waals surface area contributed by atoms with Crippen molar-refractivity contribution < 1.29 is 14.1 Å². The Morgan fingerprint density at radius 1 is 1.28 bits per heavy atom. The summed E-state index contributed by atoms with van der Waals surface area (Å²) in [5, 5.41) is 22.9. The maximum atomic E-state index is 13.3. The number of nitro benzene ring substituents is 1. The summed E-state index contributed by atoms with van der Waals surface area (Å²) in [6.45, 7) is 1.93. The van der Waals surface area contributed by atoms with E-state index in [9.17, 15) is 19.3 Å². The van der Waals surface area contributed by atoms with E-state index in [4.69, 9.17) is 0 Å². The van der Waals surface area contributed by atoms with E-state index in [0.717, 1.165) is 56.9 Å². The van der Waals surface area contributed by atoms with Crippen LogP contribution in [0, 0.1) is 15.9 Å². The maximum Gasteiger partial charge on any atom is 0.295 e. The Balaban J connectivity index is 1.44. The predicted octanol–water partition coefficient (Wildman–Crippen LogP) is 3.38. The Hall–Kier alpha value is -2.69. The number of piperidine rings is 1. The molecule has 1 aliphatic carbocycles. The summed E-state index contributed by atoms with van der Waals surface area (Å²) in [7, 11) is 0. The zero-order chi connectivity index (χ0) is 20.4. The number of nitrogens with one attached hydrogen (secondary N) is 1. The quantitative estimate of drug-likeness (QED) is 0.416. The van der Waals surface area contributed by atoms with Gasteiger partial charge in [0.1, 0.15) is 11.5 Å². The van der Waals surface area contributed by atoms with Crippen LogP contribution in [0.1, 0.15) is 38.1 Å². The Labute approximate surface area is 170 Å². The molecule has 1 aromatic carbocycles. The van der Waals surface area contributed by atoms with Crippen molar-refractivity contribution in [1.29, 1.82) is 0 Å². The highest BCUT2D eigenvalue weighted by Gasteiger charge is 2.32. The van der Waals surface area contributed by atoms with E-state index < -0.39 is 22.3 Å². The lowest BCUT2D eigenvalue weighted by atomic mass is 10.1. The third-order valence-corrected chi connectivity index (χ3v) is 5.90. The average molecular weight is 420 g/mol. The van der Waals surface area contributed by atoms with Crippen LogP contribution in [0.2, 0.25) is 0 Å². The third kappa shape index (κ3) is 4.50. The summed E-state index contributed by atoms with van der Waals surface area (Å²) in [4.78, 5) is 24.9. The van der Waals surface area contributed by atoms with E-state index in [-0.39, 0.29) is 11.4 Å². The molecule has 0 unspecified atom stereocenters. The van der Waals surface area contributed by atoms with Crippen molar-refractivity contribution in [2.45, 2.75) is 43.3 Å². The molecule has 2 fully saturated rings. The zero-order valence-electron chi connectivity index (χ0n) is 15.7. The standard InChI is InChI=1S/C18H21FN6O3S/c19-12-4-7-14(15(10-12)25(27)28)20-16(26)11-29-18-22-21-17(24(18)13-5-6-13)23-8-2-1-3-9-23/h4,7,10,13H,1-3,5-6,8-9,11H2,(H,20,26). The zero-order valence-corrected chi connectivity index (χ0v) is 16.5. The molecule has 2 heterocycles. The maximum absolute atomic E-state index is 13.3. The van der Waals surface area contributed by atoms with Crippen LogP contribution >= 0.6 is 11.8 Å². The second kappa shape index (κ2) is 8.36. The van der Waals surface area contributed by atoms with Gasteiger partial charge in [0.15, 0.2) is 5.16 Å².